The molecule has 0 spiro atoms. The Labute approximate surface area is 103 Å². The highest BCUT2D eigenvalue weighted by molar-refractivity contribution is 8.00. The predicted molar refractivity (Wildman–Crippen MR) is 68.8 cm³/mol. The molecular formula is C12H23NO2S. The second-order valence-electron chi connectivity index (χ2n) is 4.40. The van der Waals surface area contributed by atoms with Crippen molar-refractivity contribution in [2.24, 2.45) is 5.92 Å². The van der Waals surface area contributed by atoms with Gasteiger partial charge in [0.2, 0.25) is 0 Å². The van der Waals surface area contributed by atoms with E-state index >= 15 is 0 Å². The SMILES string of the molecule is CCOC(=O)[C@@H](CC)SC[C@H]1CCN(C)C1. The lowest BCUT2D eigenvalue weighted by Gasteiger charge is -2.15. The zero-order chi connectivity index (χ0) is 12.0. The van der Waals surface area contributed by atoms with Crippen LogP contribution >= 0.6 is 11.8 Å². The van der Waals surface area contributed by atoms with E-state index < -0.39 is 0 Å². The summed E-state index contributed by atoms with van der Waals surface area (Å²) in [6.45, 7) is 6.77. The number of ether oxygens (including phenoxy) is 1. The van der Waals surface area contributed by atoms with Gasteiger partial charge < -0.3 is 9.64 Å². The topological polar surface area (TPSA) is 29.5 Å². The number of thioether (sulfide) groups is 1. The van der Waals surface area contributed by atoms with Gasteiger partial charge in [0.25, 0.3) is 0 Å². The predicted octanol–water partition coefficient (Wildman–Crippen LogP) is 2.01. The van der Waals surface area contributed by atoms with Crippen molar-refractivity contribution in [3.05, 3.63) is 0 Å². The summed E-state index contributed by atoms with van der Waals surface area (Å²) in [5, 5.41) is 0.0332. The van der Waals surface area contributed by atoms with Crippen LogP contribution in [0, 0.1) is 5.92 Å². The van der Waals surface area contributed by atoms with E-state index in [-0.39, 0.29) is 11.2 Å². The Balaban J connectivity index is 2.25. The quantitative estimate of drug-likeness (QED) is 0.670. The summed E-state index contributed by atoms with van der Waals surface area (Å²) >= 11 is 1.77. The molecule has 1 heterocycles. The van der Waals surface area contributed by atoms with E-state index in [0.29, 0.717) is 6.61 Å². The van der Waals surface area contributed by atoms with E-state index in [1.807, 2.05) is 6.92 Å². The lowest BCUT2D eigenvalue weighted by Crippen LogP contribution is -2.22. The van der Waals surface area contributed by atoms with Crippen LogP contribution in [0.15, 0.2) is 0 Å². The molecule has 0 aliphatic carbocycles. The molecule has 1 aliphatic heterocycles. The number of hydrogen-bond acceptors (Lipinski definition) is 4. The largest absolute Gasteiger partial charge is 0.465 e. The van der Waals surface area contributed by atoms with Gasteiger partial charge in [-0.15, -0.1) is 11.8 Å². The van der Waals surface area contributed by atoms with Gasteiger partial charge in [-0.1, -0.05) is 6.92 Å². The number of hydrogen-bond donors (Lipinski definition) is 0. The van der Waals surface area contributed by atoms with Crippen LogP contribution in [0.25, 0.3) is 0 Å². The van der Waals surface area contributed by atoms with Gasteiger partial charge in [0.1, 0.15) is 5.25 Å². The third kappa shape index (κ3) is 4.34. The van der Waals surface area contributed by atoms with E-state index in [0.717, 1.165) is 18.1 Å². The third-order valence-corrected chi connectivity index (χ3v) is 4.53. The van der Waals surface area contributed by atoms with Crippen molar-refractivity contribution in [1.82, 2.24) is 4.90 Å². The zero-order valence-electron chi connectivity index (χ0n) is 10.6. The molecule has 0 radical (unpaired) electrons. The van der Waals surface area contributed by atoms with Crippen LogP contribution in [0.3, 0.4) is 0 Å². The molecule has 0 unspecified atom stereocenters. The molecule has 0 aromatic rings. The summed E-state index contributed by atoms with van der Waals surface area (Å²) < 4.78 is 5.06. The Hall–Kier alpha value is -0.220. The highest BCUT2D eigenvalue weighted by Gasteiger charge is 2.23. The van der Waals surface area contributed by atoms with Crippen molar-refractivity contribution in [2.75, 3.05) is 32.5 Å². The monoisotopic (exact) mass is 245 g/mol. The van der Waals surface area contributed by atoms with Crippen LogP contribution in [-0.2, 0) is 9.53 Å². The smallest absolute Gasteiger partial charge is 0.319 e. The van der Waals surface area contributed by atoms with E-state index in [2.05, 4.69) is 18.9 Å². The maximum atomic E-state index is 11.6. The molecule has 0 aromatic carbocycles. The molecule has 3 nitrogen and oxygen atoms in total. The van der Waals surface area contributed by atoms with E-state index in [9.17, 15) is 4.79 Å². The summed E-state index contributed by atoms with van der Waals surface area (Å²) in [5.74, 6) is 1.79. The van der Waals surface area contributed by atoms with E-state index in [1.165, 1.54) is 19.5 Å². The average Bonchev–Trinajstić information content (AvgIpc) is 2.65. The Morgan fingerprint density at radius 3 is 2.81 bits per heavy atom. The summed E-state index contributed by atoms with van der Waals surface area (Å²) in [5.41, 5.74) is 0. The first kappa shape index (κ1) is 13.8. The van der Waals surface area contributed by atoms with Crippen molar-refractivity contribution in [1.29, 1.82) is 0 Å². The molecule has 1 fully saturated rings. The molecule has 1 rings (SSSR count). The van der Waals surface area contributed by atoms with E-state index in [4.69, 9.17) is 4.74 Å². The molecule has 4 heteroatoms. The highest BCUT2D eigenvalue weighted by Crippen LogP contribution is 2.24. The third-order valence-electron chi connectivity index (χ3n) is 2.94. The van der Waals surface area contributed by atoms with Gasteiger partial charge in [-0.05, 0) is 45.0 Å². The Bertz CT molecular complexity index is 223. The lowest BCUT2D eigenvalue weighted by atomic mass is 10.2. The Morgan fingerprint density at radius 1 is 1.56 bits per heavy atom. The minimum atomic E-state index is -0.0404. The van der Waals surface area contributed by atoms with Crippen molar-refractivity contribution in [3.63, 3.8) is 0 Å². The fourth-order valence-corrected chi connectivity index (χ4v) is 3.22. The Kier molecular flexibility index (Phi) is 6.21. The molecule has 0 amide bonds. The fraction of sp³-hybridized carbons (Fsp3) is 0.917. The molecule has 0 bridgehead atoms. The fourth-order valence-electron chi connectivity index (χ4n) is 2.00. The zero-order valence-corrected chi connectivity index (χ0v) is 11.4. The van der Waals surface area contributed by atoms with Gasteiger partial charge >= 0.3 is 5.97 Å². The van der Waals surface area contributed by atoms with Crippen LogP contribution in [0.5, 0.6) is 0 Å². The number of carbonyl (C=O) groups excluding carboxylic acids is 1. The molecule has 2 atom stereocenters. The lowest BCUT2D eigenvalue weighted by molar-refractivity contribution is -0.142. The van der Waals surface area contributed by atoms with Crippen LogP contribution in [0.1, 0.15) is 26.7 Å². The molecule has 1 saturated heterocycles. The van der Waals surface area contributed by atoms with Gasteiger partial charge in [0, 0.05) is 6.54 Å². The first-order chi connectivity index (χ1) is 7.67. The summed E-state index contributed by atoms with van der Waals surface area (Å²) in [6, 6.07) is 0. The maximum absolute atomic E-state index is 11.6. The standard InChI is InChI=1S/C12H23NO2S/c1-4-11(12(14)15-5-2)16-9-10-6-7-13(3)8-10/h10-11H,4-9H2,1-3H3/t10-,11+/m0/s1. The first-order valence-electron chi connectivity index (χ1n) is 6.14. The number of likely N-dealkylation sites (tertiary alicyclic amines) is 1. The van der Waals surface area contributed by atoms with Crippen molar-refractivity contribution in [2.45, 2.75) is 31.9 Å². The molecule has 16 heavy (non-hydrogen) atoms. The van der Waals surface area contributed by atoms with Gasteiger partial charge in [0.15, 0.2) is 0 Å². The first-order valence-corrected chi connectivity index (χ1v) is 7.19. The molecule has 1 aliphatic rings. The summed E-state index contributed by atoms with van der Waals surface area (Å²) in [7, 11) is 2.16. The minimum absolute atomic E-state index is 0.0332. The maximum Gasteiger partial charge on any atom is 0.319 e. The normalized spacial score (nSPS) is 23.3. The number of rotatable bonds is 6. The van der Waals surface area contributed by atoms with Crippen molar-refractivity contribution in [3.8, 4) is 0 Å². The summed E-state index contributed by atoms with van der Waals surface area (Å²) in [4.78, 5) is 13.9. The van der Waals surface area contributed by atoms with Gasteiger partial charge in [-0.2, -0.15) is 0 Å². The van der Waals surface area contributed by atoms with Crippen LogP contribution in [0.4, 0.5) is 0 Å². The number of nitrogens with zero attached hydrogens (tertiary/aromatic N) is 1. The second kappa shape index (κ2) is 7.17. The molecule has 0 N–H and O–H groups in total. The number of esters is 1. The van der Waals surface area contributed by atoms with E-state index in [1.54, 1.807) is 11.8 Å². The summed E-state index contributed by atoms with van der Waals surface area (Å²) in [6.07, 6.45) is 2.13. The van der Waals surface area contributed by atoms with Gasteiger partial charge in [-0.3, -0.25) is 4.79 Å². The van der Waals surface area contributed by atoms with Gasteiger partial charge in [0.05, 0.1) is 6.61 Å². The molecule has 0 saturated carbocycles. The van der Waals surface area contributed by atoms with Crippen LogP contribution < -0.4 is 0 Å². The van der Waals surface area contributed by atoms with Crippen LogP contribution in [-0.4, -0.2) is 48.6 Å². The number of carbonyl (C=O) groups is 1. The second-order valence-corrected chi connectivity index (χ2v) is 5.63. The van der Waals surface area contributed by atoms with Crippen molar-refractivity contribution >= 4 is 17.7 Å². The van der Waals surface area contributed by atoms with Crippen molar-refractivity contribution < 1.29 is 9.53 Å². The molecule has 0 aromatic heterocycles. The minimum Gasteiger partial charge on any atom is -0.465 e. The van der Waals surface area contributed by atoms with Gasteiger partial charge in [-0.25, -0.2) is 0 Å². The molecule has 94 valence electrons. The molecular weight excluding hydrogens is 222 g/mol. The van der Waals surface area contributed by atoms with Crippen LogP contribution in [0.2, 0.25) is 0 Å². The highest BCUT2D eigenvalue weighted by atomic mass is 32.2. The Morgan fingerprint density at radius 2 is 2.31 bits per heavy atom. The average molecular weight is 245 g/mol.